The highest BCUT2D eigenvalue weighted by Crippen LogP contribution is 2.38. The Morgan fingerprint density at radius 3 is 2.64 bits per heavy atom. The Kier molecular flexibility index (Phi) is 4.48. The molecule has 1 saturated carbocycles. The van der Waals surface area contributed by atoms with Crippen LogP contribution >= 0.6 is 0 Å². The normalized spacial score (nSPS) is 13.6. The van der Waals surface area contributed by atoms with Crippen LogP contribution < -0.4 is 9.47 Å². The molecule has 7 heteroatoms. The van der Waals surface area contributed by atoms with Crippen LogP contribution in [0.2, 0.25) is 0 Å². The van der Waals surface area contributed by atoms with Gasteiger partial charge in [0.2, 0.25) is 5.78 Å². The standard InChI is InChI=1S/C18H20N2O5/c1-11-8-15(12(2)19(11)13-4-5-13)17(21)10-25-18-7-6-14(24-3)9-16(18)20(22)23/h6-9,13H,4-5,10H2,1-3H3. The molecule has 0 amide bonds. The Bertz CT molecular complexity index is 836. The number of aryl methyl sites for hydroxylation is 1. The van der Waals surface area contributed by atoms with Crippen molar-refractivity contribution >= 4 is 11.5 Å². The molecular weight excluding hydrogens is 324 g/mol. The van der Waals surface area contributed by atoms with Gasteiger partial charge in [0.25, 0.3) is 0 Å². The number of nitro groups is 1. The second-order valence-corrected chi connectivity index (χ2v) is 6.19. The number of hydrogen-bond donors (Lipinski definition) is 0. The van der Waals surface area contributed by atoms with Crippen molar-refractivity contribution in [2.24, 2.45) is 0 Å². The van der Waals surface area contributed by atoms with Crippen LogP contribution in [0.3, 0.4) is 0 Å². The average molecular weight is 344 g/mol. The summed E-state index contributed by atoms with van der Waals surface area (Å²) in [5.41, 5.74) is 2.37. The lowest BCUT2D eigenvalue weighted by Crippen LogP contribution is -2.13. The first-order valence-corrected chi connectivity index (χ1v) is 8.09. The lowest BCUT2D eigenvalue weighted by Gasteiger charge is -2.09. The zero-order chi connectivity index (χ0) is 18.1. The van der Waals surface area contributed by atoms with Crippen LogP contribution in [0.5, 0.6) is 11.5 Å². The zero-order valence-electron chi connectivity index (χ0n) is 14.4. The van der Waals surface area contributed by atoms with Gasteiger partial charge in [-0.2, -0.15) is 0 Å². The molecule has 3 rings (SSSR count). The van der Waals surface area contributed by atoms with E-state index in [0.29, 0.717) is 17.4 Å². The Labute approximate surface area is 145 Å². The molecule has 1 aliphatic rings. The summed E-state index contributed by atoms with van der Waals surface area (Å²) >= 11 is 0. The van der Waals surface area contributed by atoms with E-state index in [2.05, 4.69) is 4.57 Å². The molecule has 0 bridgehead atoms. The third kappa shape index (κ3) is 3.35. The van der Waals surface area contributed by atoms with Gasteiger partial charge in [-0.3, -0.25) is 14.9 Å². The fourth-order valence-corrected chi connectivity index (χ4v) is 3.06. The van der Waals surface area contributed by atoms with Crippen LogP contribution in [0.25, 0.3) is 0 Å². The van der Waals surface area contributed by atoms with E-state index < -0.39 is 4.92 Å². The van der Waals surface area contributed by atoms with Crippen molar-refractivity contribution < 1.29 is 19.2 Å². The van der Waals surface area contributed by atoms with Gasteiger partial charge in [-0.25, -0.2) is 0 Å². The Balaban J connectivity index is 1.77. The molecule has 0 saturated heterocycles. The predicted octanol–water partition coefficient (Wildman–Crippen LogP) is 3.62. The van der Waals surface area contributed by atoms with E-state index in [9.17, 15) is 14.9 Å². The molecule has 1 aromatic carbocycles. The number of hydrogen-bond acceptors (Lipinski definition) is 5. The van der Waals surface area contributed by atoms with Gasteiger partial charge in [0.15, 0.2) is 12.4 Å². The van der Waals surface area contributed by atoms with Crippen LogP contribution in [-0.2, 0) is 0 Å². The van der Waals surface area contributed by atoms with Gasteiger partial charge in [-0.05, 0) is 44.9 Å². The topological polar surface area (TPSA) is 83.6 Å². The first kappa shape index (κ1) is 17.0. The van der Waals surface area contributed by atoms with Crippen molar-refractivity contribution in [2.75, 3.05) is 13.7 Å². The lowest BCUT2D eigenvalue weighted by molar-refractivity contribution is -0.385. The van der Waals surface area contributed by atoms with Crippen molar-refractivity contribution in [3.8, 4) is 11.5 Å². The van der Waals surface area contributed by atoms with Gasteiger partial charge >= 0.3 is 5.69 Å². The Morgan fingerprint density at radius 1 is 1.32 bits per heavy atom. The van der Waals surface area contributed by atoms with Crippen LogP contribution in [0.1, 0.15) is 40.6 Å². The maximum Gasteiger partial charge on any atom is 0.314 e. The SMILES string of the molecule is COc1ccc(OCC(=O)c2cc(C)n(C3CC3)c2C)c([N+](=O)[O-])c1. The molecule has 25 heavy (non-hydrogen) atoms. The summed E-state index contributed by atoms with van der Waals surface area (Å²) < 4.78 is 12.6. The van der Waals surface area contributed by atoms with Crippen LogP contribution in [-0.4, -0.2) is 29.0 Å². The average Bonchev–Trinajstić information content (AvgIpc) is 3.37. The van der Waals surface area contributed by atoms with E-state index in [1.54, 1.807) is 6.07 Å². The fraction of sp³-hybridized carbons (Fsp3) is 0.389. The van der Waals surface area contributed by atoms with Crippen LogP contribution in [0.4, 0.5) is 5.69 Å². The molecule has 7 nitrogen and oxygen atoms in total. The van der Waals surface area contributed by atoms with Crippen molar-refractivity contribution in [3.05, 3.63) is 51.3 Å². The number of ether oxygens (including phenoxy) is 2. The lowest BCUT2D eigenvalue weighted by atomic mass is 10.1. The van der Waals surface area contributed by atoms with E-state index in [-0.39, 0.29) is 23.8 Å². The number of ketones is 1. The Hall–Kier alpha value is -2.83. The van der Waals surface area contributed by atoms with E-state index >= 15 is 0 Å². The summed E-state index contributed by atoms with van der Waals surface area (Å²) in [6.07, 6.45) is 2.27. The number of benzene rings is 1. The molecule has 0 radical (unpaired) electrons. The minimum absolute atomic E-state index is 0.0511. The maximum absolute atomic E-state index is 12.5. The van der Waals surface area contributed by atoms with Crippen molar-refractivity contribution in [2.45, 2.75) is 32.7 Å². The summed E-state index contributed by atoms with van der Waals surface area (Å²) in [5, 5.41) is 11.2. The van der Waals surface area contributed by atoms with Crippen molar-refractivity contribution in [1.29, 1.82) is 0 Å². The molecule has 1 fully saturated rings. The van der Waals surface area contributed by atoms with Gasteiger partial charge in [0.1, 0.15) is 5.75 Å². The zero-order valence-corrected chi connectivity index (χ0v) is 14.4. The number of nitrogens with zero attached hydrogens (tertiary/aromatic N) is 2. The van der Waals surface area contributed by atoms with Crippen LogP contribution in [0, 0.1) is 24.0 Å². The number of nitro benzene ring substituents is 1. The summed E-state index contributed by atoms with van der Waals surface area (Å²) in [7, 11) is 1.43. The molecule has 0 unspecified atom stereocenters. The smallest absolute Gasteiger partial charge is 0.314 e. The van der Waals surface area contributed by atoms with Gasteiger partial charge < -0.3 is 14.0 Å². The molecular formula is C18H20N2O5. The molecule has 0 N–H and O–H groups in total. The largest absolute Gasteiger partial charge is 0.496 e. The maximum atomic E-state index is 12.5. The van der Waals surface area contributed by atoms with Crippen molar-refractivity contribution in [3.63, 3.8) is 0 Å². The highest BCUT2D eigenvalue weighted by molar-refractivity contribution is 5.98. The second-order valence-electron chi connectivity index (χ2n) is 6.19. The molecule has 0 aliphatic heterocycles. The van der Waals surface area contributed by atoms with Gasteiger partial charge in [-0.15, -0.1) is 0 Å². The molecule has 2 aromatic rings. The second kappa shape index (κ2) is 6.58. The minimum atomic E-state index is -0.554. The number of aromatic nitrogens is 1. The summed E-state index contributed by atoms with van der Waals surface area (Å²) in [6.45, 7) is 3.66. The third-order valence-corrected chi connectivity index (χ3v) is 4.42. The van der Waals surface area contributed by atoms with Crippen LogP contribution in [0.15, 0.2) is 24.3 Å². The fourth-order valence-electron chi connectivity index (χ4n) is 3.06. The van der Waals surface area contributed by atoms with E-state index in [0.717, 1.165) is 24.2 Å². The summed E-state index contributed by atoms with van der Waals surface area (Å²) in [5.74, 6) is 0.221. The molecule has 0 atom stereocenters. The van der Waals surface area contributed by atoms with Crippen molar-refractivity contribution in [1.82, 2.24) is 4.57 Å². The summed E-state index contributed by atoms with van der Waals surface area (Å²) in [6, 6.07) is 6.63. The van der Waals surface area contributed by atoms with Gasteiger partial charge in [0, 0.05) is 23.0 Å². The highest BCUT2D eigenvalue weighted by atomic mass is 16.6. The third-order valence-electron chi connectivity index (χ3n) is 4.42. The van der Waals surface area contributed by atoms with E-state index in [4.69, 9.17) is 9.47 Å². The first-order valence-electron chi connectivity index (χ1n) is 8.09. The number of Topliss-reactive ketones (excluding diaryl/α,β-unsaturated/α-hetero) is 1. The number of carbonyl (C=O) groups is 1. The highest BCUT2D eigenvalue weighted by Gasteiger charge is 2.28. The monoisotopic (exact) mass is 344 g/mol. The molecule has 1 aliphatic carbocycles. The number of methoxy groups -OCH3 is 1. The summed E-state index contributed by atoms with van der Waals surface area (Å²) in [4.78, 5) is 23.1. The predicted molar refractivity (Wildman–Crippen MR) is 91.7 cm³/mol. The van der Waals surface area contributed by atoms with Gasteiger partial charge in [0.05, 0.1) is 18.1 Å². The van der Waals surface area contributed by atoms with E-state index in [1.807, 2.05) is 19.9 Å². The Morgan fingerprint density at radius 2 is 2.04 bits per heavy atom. The van der Waals surface area contributed by atoms with E-state index in [1.165, 1.54) is 19.2 Å². The minimum Gasteiger partial charge on any atom is -0.496 e. The quantitative estimate of drug-likeness (QED) is 0.435. The molecule has 1 heterocycles. The van der Waals surface area contributed by atoms with Gasteiger partial charge in [-0.1, -0.05) is 0 Å². The first-order chi connectivity index (χ1) is 11.9. The number of rotatable bonds is 7. The number of carbonyl (C=O) groups excluding carboxylic acids is 1. The molecule has 0 spiro atoms. The molecule has 1 aromatic heterocycles. The molecule has 132 valence electrons.